The van der Waals surface area contributed by atoms with Crippen LogP contribution in [0.15, 0.2) is 17.3 Å². The molecule has 1 aromatic carbocycles. The maximum atomic E-state index is 10.8. The van der Waals surface area contributed by atoms with E-state index in [1.54, 1.807) is 6.07 Å². The standard InChI is InChI=1S/C14H14Cl2N2O2S/c1-14(2-3-14)7-18-11-5-9(16)8(15)4-10(11)17-13(18)21-6-12(19)20/h4-5H,2-3,6-7H2,1H3,(H,19,20). The molecule has 0 atom stereocenters. The Morgan fingerprint density at radius 2 is 2.10 bits per heavy atom. The van der Waals surface area contributed by atoms with Crippen molar-refractivity contribution >= 4 is 52.0 Å². The van der Waals surface area contributed by atoms with Crippen LogP contribution in [0.25, 0.3) is 11.0 Å². The van der Waals surface area contributed by atoms with Crippen LogP contribution in [0.2, 0.25) is 10.0 Å². The van der Waals surface area contributed by atoms with Crippen molar-refractivity contribution in [2.45, 2.75) is 31.5 Å². The molecular weight excluding hydrogens is 331 g/mol. The van der Waals surface area contributed by atoms with Crippen molar-refractivity contribution in [3.63, 3.8) is 0 Å². The van der Waals surface area contributed by atoms with E-state index in [0.29, 0.717) is 15.2 Å². The van der Waals surface area contributed by atoms with E-state index in [1.165, 1.54) is 24.6 Å². The van der Waals surface area contributed by atoms with Gasteiger partial charge in [-0.15, -0.1) is 0 Å². The molecule has 3 rings (SSSR count). The lowest BCUT2D eigenvalue weighted by atomic mass is 10.1. The molecular formula is C14H14Cl2N2O2S. The van der Waals surface area contributed by atoms with E-state index in [1.807, 2.05) is 6.07 Å². The Labute approximate surface area is 136 Å². The van der Waals surface area contributed by atoms with Crippen molar-refractivity contribution in [2.24, 2.45) is 5.41 Å². The van der Waals surface area contributed by atoms with E-state index < -0.39 is 5.97 Å². The van der Waals surface area contributed by atoms with Crippen molar-refractivity contribution in [2.75, 3.05) is 5.75 Å². The minimum Gasteiger partial charge on any atom is -0.481 e. The van der Waals surface area contributed by atoms with Gasteiger partial charge in [0.15, 0.2) is 5.16 Å². The maximum absolute atomic E-state index is 10.8. The Morgan fingerprint density at radius 3 is 2.71 bits per heavy atom. The fraction of sp³-hybridized carbons (Fsp3) is 0.429. The lowest BCUT2D eigenvalue weighted by molar-refractivity contribution is -0.133. The summed E-state index contributed by atoms with van der Waals surface area (Å²) in [6, 6.07) is 3.54. The highest BCUT2D eigenvalue weighted by Gasteiger charge is 2.38. The molecule has 112 valence electrons. The van der Waals surface area contributed by atoms with Crippen LogP contribution in [0.1, 0.15) is 19.8 Å². The van der Waals surface area contributed by atoms with Gasteiger partial charge in [-0.2, -0.15) is 0 Å². The molecule has 1 aromatic heterocycles. The summed E-state index contributed by atoms with van der Waals surface area (Å²) in [6.07, 6.45) is 2.36. The number of aliphatic carboxylic acids is 1. The van der Waals surface area contributed by atoms with Crippen molar-refractivity contribution in [3.05, 3.63) is 22.2 Å². The van der Waals surface area contributed by atoms with Gasteiger partial charge in [0.2, 0.25) is 0 Å². The highest BCUT2D eigenvalue weighted by atomic mass is 35.5. The van der Waals surface area contributed by atoms with E-state index in [9.17, 15) is 4.79 Å². The summed E-state index contributed by atoms with van der Waals surface area (Å²) < 4.78 is 2.07. The van der Waals surface area contributed by atoms with Gasteiger partial charge in [0.1, 0.15) is 0 Å². The lowest BCUT2D eigenvalue weighted by Gasteiger charge is -2.13. The first-order valence-electron chi connectivity index (χ1n) is 6.58. The molecule has 1 aliphatic carbocycles. The van der Waals surface area contributed by atoms with Gasteiger partial charge in [-0.05, 0) is 30.4 Å². The Balaban J connectivity index is 2.06. The van der Waals surface area contributed by atoms with E-state index >= 15 is 0 Å². The number of carbonyl (C=O) groups is 1. The monoisotopic (exact) mass is 344 g/mol. The summed E-state index contributed by atoms with van der Waals surface area (Å²) >= 11 is 13.4. The molecule has 0 spiro atoms. The largest absolute Gasteiger partial charge is 0.481 e. The average molecular weight is 345 g/mol. The third-order valence-electron chi connectivity index (χ3n) is 3.72. The molecule has 0 unspecified atom stereocenters. The van der Waals surface area contributed by atoms with Crippen molar-refractivity contribution in [1.29, 1.82) is 0 Å². The molecule has 4 nitrogen and oxygen atoms in total. The normalized spacial score (nSPS) is 16.3. The summed E-state index contributed by atoms with van der Waals surface area (Å²) in [4.78, 5) is 15.3. The first-order valence-corrected chi connectivity index (χ1v) is 8.32. The molecule has 7 heteroatoms. The first kappa shape index (κ1) is 15.0. The summed E-state index contributed by atoms with van der Waals surface area (Å²) in [5.41, 5.74) is 1.94. The lowest BCUT2D eigenvalue weighted by Crippen LogP contribution is -2.10. The molecule has 1 fully saturated rings. The highest BCUT2D eigenvalue weighted by Crippen LogP contribution is 2.47. The number of thioether (sulfide) groups is 1. The molecule has 1 heterocycles. The first-order chi connectivity index (χ1) is 9.88. The van der Waals surface area contributed by atoms with E-state index in [2.05, 4.69) is 16.5 Å². The molecule has 2 aromatic rings. The summed E-state index contributed by atoms with van der Waals surface area (Å²) in [6.45, 7) is 3.05. The zero-order valence-corrected chi connectivity index (χ0v) is 13.7. The van der Waals surface area contributed by atoms with E-state index in [-0.39, 0.29) is 11.2 Å². The summed E-state index contributed by atoms with van der Waals surface area (Å²) in [5, 5.41) is 10.5. The zero-order chi connectivity index (χ0) is 15.2. The van der Waals surface area contributed by atoms with E-state index in [4.69, 9.17) is 28.3 Å². The average Bonchev–Trinajstić information content (AvgIpc) is 3.05. The number of hydrogen-bond donors (Lipinski definition) is 1. The number of rotatable bonds is 5. The molecule has 0 saturated heterocycles. The smallest absolute Gasteiger partial charge is 0.313 e. The van der Waals surface area contributed by atoms with Crippen molar-refractivity contribution in [3.8, 4) is 0 Å². The second-order valence-electron chi connectivity index (χ2n) is 5.73. The Morgan fingerprint density at radius 1 is 1.43 bits per heavy atom. The van der Waals surface area contributed by atoms with Gasteiger partial charge in [0.25, 0.3) is 0 Å². The predicted molar refractivity (Wildman–Crippen MR) is 85.5 cm³/mol. The van der Waals surface area contributed by atoms with Crippen LogP contribution in [0, 0.1) is 5.41 Å². The Bertz CT molecular complexity index is 725. The van der Waals surface area contributed by atoms with Gasteiger partial charge in [-0.1, -0.05) is 41.9 Å². The second-order valence-corrected chi connectivity index (χ2v) is 7.49. The Hall–Kier alpha value is -0.910. The number of halogens is 2. The Kier molecular flexibility index (Phi) is 3.84. The third-order valence-corrected chi connectivity index (χ3v) is 5.41. The van der Waals surface area contributed by atoms with Crippen molar-refractivity contribution < 1.29 is 9.90 Å². The molecule has 0 amide bonds. The minimum atomic E-state index is -0.854. The fourth-order valence-corrected chi connectivity index (χ4v) is 3.29. The molecule has 1 aliphatic rings. The number of carboxylic acid groups (broad SMARTS) is 1. The molecule has 21 heavy (non-hydrogen) atoms. The van der Waals surface area contributed by atoms with Gasteiger partial charge >= 0.3 is 5.97 Å². The number of carboxylic acids is 1. The maximum Gasteiger partial charge on any atom is 0.313 e. The van der Waals surface area contributed by atoms with Gasteiger partial charge in [0, 0.05) is 6.54 Å². The molecule has 1 saturated carbocycles. The number of aromatic nitrogens is 2. The number of benzene rings is 1. The summed E-state index contributed by atoms with van der Waals surface area (Å²) in [5.74, 6) is -0.867. The second kappa shape index (κ2) is 5.38. The van der Waals surface area contributed by atoms with Gasteiger partial charge in [0.05, 0.1) is 26.8 Å². The van der Waals surface area contributed by atoms with Crippen LogP contribution in [0.5, 0.6) is 0 Å². The number of fused-ring (bicyclic) bond motifs is 1. The van der Waals surface area contributed by atoms with Crippen LogP contribution < -0.4 is 0 Å². The number of nitrogens with zero attached hydrogens (tertiary/aromatic N) is 2. The molecule has 1 N–H and O–H groups in total. The van der Waals surface area contributed by atoms with Crippen LogP contribution in [-0.2, 0) is 11.3 Å². The topological polar surface area (TPSA) is 55.1 Å². The van der Waals surface area contributed by atoms with Crippen LogP contribution in [0.3, 0.4) is 0 Å². The SMILES string of the molecule is CC1(Cn2c(SCC(=O)O)nc3cc(Cl)c(Cl)cc32)CC1. The van der Waals surface area contributed by atoms with Crippen LogP contribution in [0.4, 0.5) is 0 Å². The van der Waals surface area contributed by atoms with Gasteiger partial charge in [-0.3, -0.25) is 4.79 Å². The van der Waals surface area contributed by atoms with Gasteiger partial charge < -0.3 is 9.67 Å². The quantitative estimate of drug-likeness (QED) is 0.820. The molecule has 0 radical (unpaired) electrons. The summed E-state index contributed by atoms with van der Waals surface area (Å²) in [7, 11) is 0. The molecule has 0 bridgehead atoms. The van der Waals surface area contributed by atoms with Crippen molar-refractivity contribution in [1.82, 2.24) is 9.55 Å². The predicted octanol–water partition coefficient (Wildman–Crippen LogP) is 4.32. The zero-order valence-electron chi connectivity index (χ0n) is 11.4. The van der Waals surface area contributed by atoms with Crippen LogP contribution in [-0.4, -0.2) is 26.4 Å². The minimum absolute atomic E-state index is 0.0124. The van der Waals surface area contributed by atoms with Crippen LogP contribution >= 0.6 is 35.0 Å². The molecule has 0 aliphatic heterocycles. The highest BCUT2D eigenvalue weighted by molar-refractivity contribution is 7.99. The fourth-order valence-electron chi connectivity index (χ4n) is 2.24. The number of imidazole rings is 1. The van der Waals surface area contributed by atoms with Gasteiger partial charge in [-0.25, -0.2) is 4.98 Å². The number of hydrogen-bond acceptors (Lipinski definition) is 3. The third kappa shape index (κ3) is 3.15. The van der Waals surface area contributed by atoms with E-state index in [0.717, 1.165) is 17.6 Å².